The highest BCUT2D eigenvalue weighted by Gasteiger charge is 2.09. The molecule has 0 aliphatic heterocycles. The maximum atomic E-state index is 9.16. The molecule has 0 fully saturated rings. The molecule has 4 nitrogen and oxygen atoms in total. The third-order valence-corrected chi connectivity index (χ3v) is 1.75. The van der Waals surface area contributed by atoms with Crippen LogP contribution in [0.2, 0.25) is 0 Å². The lowest BCUT2D eigenvalue weighted by molar-refractivity contribution is -0.105. The van der Waals surface area contributed by atoms with Crippen molar-refractivity contribution >= 4 is 5.69 Å². The summed E-state index contributed by atoms with van der Waals surface area (Å²) in [6.45, 7) is 0. The van der Waals surface area contributed by atoms with Gasteiger partial charge in [0.2, 0.25) is 0 Å². The lowest BCUT2D eigenvalue weighted by atomic mass is 10.2. The predicted molar refractivity (Wildman–Crippen MR) is 49.3 cm³/mol. The first-order chi connectivity index (χ1) is 6.19. The number of nitrogen functional groups attached to an aromatic ring is 1. The zero-order valence-corrected chi connectivity index (χ0v) is 7.65. The van der Waals surface area contributed by atoms with Crippen LogP contribution in [0.4, 0.5) is 5.69 Å². The average molecular weight is 183 g/mol. The Morgan fingerprint density at radius 2 is 1.92 bits per heavy atom. The molecule has 0 aromatic heterocycles. The van der Waals surface area contributed by atoms with Gasteiger partial charge in [-0.05, 0) is 12.1 Å². The maximum absolute atomic E-state index is 9.16. The minimum Gasteiger partial charge on any atom is -0.506 e. The van der Waals surface area contributed by atoms with Gasteiger partial charge in [-0.15, -0.1) is 0 Å². The van der Waals surface area contributed by atoms with Crippen molar-refractivity contribution < 1.29 is 14.6 Å². The van der Waals surface area contributed by atoms with Gasteiger partial charge in [-0.3, -0.25) is 0 Å². The molecule has 1 aromatic carbocycles. The molecule has 0 aliphatic rings. The summed E-state index contributed by atoms with van der Waals surface area (Å²) in [4.78, 5) is 0. The standard InChI is InChI=1S/C9H13NO3/c1-12-9(13-2)6-3-4-8(11)7(10)5-6/h3-5,9,11H,10H2,1-2H3. The third kappa shape index (κ3) is 2.11. The quantitative estimate of drug-likeness (QED) is 0.420. The van der Waals surface area contributed by atoms with Gasteiger partial charge in [-0.2, -0.15) is 0 Å². The van der Waals surface area contributed by atoms with E-state index in [1.165, 1.54) is 20.3 Å². The van der Waals surface area contributed by atoms with Crippen molar-refractivity contribution in [2.24, 2.45) is 0 Å². The number of anilines is 1. The first kappa shape index (κ1) is 9.83. The second-order valence-electron chi connectivity index (χ2n) is 2.62. The van der Waals surface area contributed by atoms with Crippen molar-refractivity contribution in [3.8, 4) is 5.75 Å². The van der Waals surface area contributed by atoms with Gasteiger partial charge in [-0.1, -0.05) is 6.07 Å². The number of benzene rings is 1. The van der Waals surface area contributed by atoms with Crippen molar-refractivity contribution in [1.29, 1.82) is 0 Å². The number of hydrogen-bond donors (Lipinski definition) is 2. The summed E-state index contributed by atoms with van der Waals surface area (Å²) >= 11 is 0. The van der Waals surface area contributed by atoms with Crippen LogP contribution < -0.4 is 5.73 Å². The molecule has 0 spiro atoms. The average Bonchev–Trinajstić information content (AvgIpc) is 2.13. The Hall–Kier alpha value is -1.26. The molecule has 0 aliphatic carbocycles. The fourth-order valence-electron chi connectivity index (χ4n) is 1.09. The van der Waals surface area contributed by atoms with E-state index in [-0.39, 0.29) is 5.75 Å². The molecule has 1 aromatic rings. The van der Waals surface area contributed by atoms with Crippen molar-refractivity contribution in [3.63, 3.8) is 0 Å². The molecule has 4 heteroatoms. The van der Waals surface area contributed by atoms with E-state index < -0.39 is 6.29 Å². The Morgan fingerprint density at radius 1 is 1.31 bits per heavy atom. The Kier molecular flexibility index (Phi) is 3.11. The minimum absolute atomic E-state index is 0.0645. The summed E-state index contributed by atoms with van der Waals surface area (Å²) < 4.78 is 10.0. The van der Waals surface area contributed by atoms with E-state index in [1.54, 1.807) is 12.1 Å². The minimum atomic E-state index is -0.442. The van der Waals surface area contributed by atoms with Crippen LogP contribution in [0.15, 0.2) is 18.2 Å². The molecule has 0 amide bonds. The van der Waals surface area contributed by atoms with E-state index in [0.29, 0.717) is 5.69 Å². The smallest absolute Gasteiger partial charge is 0.183 e. The molecule has 72 valence electrons. The summed E-state index contributed by atoms with van der Waals surface area (Å²) in [5.74, 6) is 0.0645. The number of phenols is 1. The van der Waals surface area contributed by atoms with Gasteiger partial charge in [-0.25, -0.2) is 0 Å². The molecule has 1 rings (SSSR count). The van der Waals surface area contributed by atoms with Crippen LogP contribution in [-0.4, -0.2) is 19.3 Å². The summed E-state index contributed by atoms with van der Waals surface area (Å²) in [5, 5.41) is 9.16. The third-order valence-electron chi connectivity index (χ3n) is 1.75. The van der Waals surface area contributed by atoms with Gasteiger partial charge >= 0.3 is 0 Å². The van der Waals surface area contributed by atoms with Gasteiger partial charge < -0.3 is 20.3 Å². The molecular formula is C9H13NO3. The van der Waals surface area contributed by atoms with E-state index in [2.05, 4.69) is 0 Å². The number of rotatable bonds is 3. The second-order valence-corrected chi connectivity index (χ2v) is 2.62. The van der Waals surface area contributed by atoms with E-state index in [1.807, 2.05) is 0 Å². The first-order valence-corrected chi connectivity index (χ1v) is 3.83. The molecule has 13 heavy (non-hydrogen) atoms. The van der Waals surface area contributed by atoms with Gasteiger partial charge in [0.05, 0.1) is 5.69 Å². The highest BCUT2D eigenvalue weighted by Crippen LogP contribution is 2.25. The monoisotopic (exact) mass is 183 g/mol. The molecule has 0 unspecified atom stereocenters. The van der Waals surface area contributed by atoms with Crippen molar-refractivity contribution in [3.05, 3.63) is 23.8 Å². The second kappa shape index (κ2) is 4.11. The Balaban J connectivity index is 2.95. The van der Waals surface area contributed by atoms with Gasteiger partial charge in [0.15, 0.2) is 6.29 Å². The summed E-state index contributed by atoms with van der Waals surface area (Å²) in [5.41, 5.74) is 6.60. The zero-order valence-electron chi connectivity index (χ0n) is 7.65. The Labute approximate surface area is 76.9 Å². The van der Waals surface area contributed by atoms with Crippen LogP contribution in [0.25, 0.3) is 0 Å². The van der Waals surface area contributed by atoms with Crippen LogP contribution in [0.3, 0.4) is 0 Å². The molecular weight excluding hydrogens is 170 g/mol. The van der Waals surface area contributed by atoms with Crippen LogP contribution >= 0.6 is 0 Å². The maximum Gasteiger partial charge on any atom is 0.183 e. The number of hydrogen-bond acceptors (Lipinski definition) is 4. The van der Waals surface area contributed by atoms with Gasteiger partial charge in [0.25, 0.3) is 0 Å². The molecule has 0 radical (unpaired) electrons. The van der Waals surface area contributed by atoms with Crippen LogP contribution in [0, 0.1) is 0 Å². The zero-order chi connectivity index (χ0) is 9.84. The first-order valence-electron chi connectivity index (χ1n) is 3.83. The van der Waals surface area contributed by atoms with E-state index >= 15 is 0 Å². The normalized spacial score (nSPS) is 10.7. The number of methoxy groups -OCH3 is 2. The number of aromatic hydroxyl groups is 1. The van der Waals surface area contributed by atoms with E-state index in [4.69, 9.17) is 20.3 Å². The lowest BCUT2D eigenvalue weighted by Gasteiger charge is -2.14. The Bertz CT molecular complexity index is 284. The molecule has 0 atom stereocenters. The number of nitrogens with two attached hydrogens (primary N) is 1. The predicted octanol–water partition coefficient (Wildman–Crippen LogP) is 1.27. The van der Waals surface area contributed by atoms with Crippen LogP contribution in [-0.2, 0) is 9.47 Å². The van der Waals surface area contributed by atoms with Gasteiger partial charge in [0.1, 0.15) is 5.75 Å². The van der Waals surface area contributed by atoms with Crippen molar-refractivity contribution in [2.45, 2.75) is 6.29 Å². The van der Waals surface area contributed by atoms with Crippen molar-refractivity contribution in [2.75, 3.05) is 20.0 Å². The fraction of sp³-hybridized carbons (Fsp3) is 0.333. The Morgan fingerprint density at radius 3 is 2.38 bits per heavy atom. The van der Waals surface area contributed by atoms with Crippen LogP contribution in [0.1, 0.15) is 11.9 Å². The highest BCUT2D eigenvalue weighted by molar-refractivity contribution is 5.53. The highest BCUT2D eigenvalue weighted by atomic mass is 16.7. The molecule has 3 N–H and O–H groups in total. The van der Waals surface area contributed by atoms with Crippen molar-refractivity contribution in [1.82, 2.24) is 0 Å². The number of phenolic OH excluding ortho intramolecular Hbond substituents is 1. The van der Waals surface area contributed by atoms with Gasteiger partial charge in [0, 0.05) is 19.8 Å². The van der Waals surface area contributed by atoms with E-state index in [9.17, 15) is 0 Å². The molecule has 0 saturated heterocycles. The lowest BCUT2D eigenvalue weighted by Crippen LogP contribution is -2.03. The SMILES string of the molecule is COC(OC)c1ccc(O)c(N)c1. The number of ether oxygens (including phenoxy) is 2. The summed E-state index contributed by atoms with van der Waals surface area (Å²) in [7, 11) is 3.08. The molecule has 0 bridgehead atoms. The van der Waals surface area contributed by atoms with Crippen LogP contribution in [0.5, 0.6) is 5.75 Å². The summed E-state index contributed by atoms with van der Waals surface area (Å²) in [6, 6.07) is 4.83. The largest absolute Gasteiger partial charge is 0.506 e. The fourth-order valence-corrected chi connectivity index (χ4v) is 1.09. The topological polar surface area (TPSA) is 64.7 Å². The molecule has 0 saturated carbocycles. The van der Waals surface area contributed by atoms with E-state index in [0.717, 1.165) is 5.56 Å². The molecule has 0 heterocycles. The summed E-state index contributed by atoms with van der Waals surface area (Å²) in [6.07, 6.45) is -0.442.